The van der Waals surface area contributed by atoms with Crippen LogP contribution in [0, 0.1) is 0 Å². The normalized spacial score (nSPS) is 18.3. The van der Waals surface area contributed by atoms with Gasteiger partial charge in [-0.05, 0) is 0 Å². The van der Waals surface area contributed by atoms with Gasteiger partial charge >= 0.3 is 6.03 Å². The molecular weight excluding hydrogens is 176 g/mol. The third-order valence-electron chi connectivity index (χ3n) is 1.88. The zero-order valence-corrected chi connectivity index (χ0v) is 7.92. The van der Waals surface area contributed by atoms with Crippen LogP contribution in [0.2, 0.25) is 0 Å². The number of carbonyl (C=O) groups excluding carboxylic acids is 1. The third-order valence-corrected chi connectivity index (χ3v) is 2.06. The molecule has 12 heavy (non-hydrogen) atoms. The summed E-state index contributed by atoms with van der Waals surface area (Å²) in [7, 11) is 1.81. The van der Waals surface area contributed by atoms with E-state index in [-0.39, 0.29) is 6.03 Å². The molecule has 0 aliphatic carbocycles. The Bertz CT molecular complexity index is 193. The van der Waals surface area contributed by atoms with E-state index in [1.165, 1.54) is 0 Å². The molecule has 0 radical (unpaired) electrons. The summed E-state index contributed by atoms with van der Waals surface area (Å²) < 4.78 is 0. The van der Waals surface area contributed by atoms with Gasteiger partial charge in [0.25, 0.3) is 0 Å². The molecule has 1 aliphatic rings. The SMILES string of the molecule is CN1CCN(CC=CCCl)C1=O. The van der Waals surface area contributed by atoms with E-state index in [4.69, 9.17) is 11.6 Å². The summed E-state index contributed by atoms with van der Waals surface area (Å²) in [5.74, 6) is 0.512. The largest absolute Gasteiger partial charge is 0.326 e. The second kappa shape index (κ2) is 4.36. The molecule has 3 nitrogen and oxygen atoms in total. The van der Waals surface area contributed by atoms with Crippen molar-refractivity contribution in [3.05, 3.63) is 12.2 Å². The van der Waals surface area contributed by atoms with E-state index >= 15 is 0 Å². The van der Waals surface area contributed by atoms with E-state index in [1.54, 1.807) is 9.80 Å². The predicted octanol–water partition coefficient (Wildman–Crippen LogP) is 1.15. The highest BCUT2D eigenvalue weighted by Crippen LogP contribution is 2.04. The lowest BCUT2D eigenvalue weighted by Gasteiger charge is -2.12. The van der Waals surface area contributed by atoms with Crippen LogP contribution in [0.3, 0.4) is 0 Å². The number of hydrogen-bond donors (Lipinski definition) is 0. The molecule has 1 saturated heterocycles. The third kappa shape index (κ3) is 2.14. The monoisotopic (exact) mass is 188 g/mol. The number of amides is 2. The number of rotatable bonds is 3. The smallest absolute Gasteiger partial charge is 0.320 e. The molecule has 4 heteroatoms. The van der Waals surface area contributed by atoms with Crippen molar-refractivity contribution in [2.24, 2.45) is 0 Å². The molecule has 0 spiro atoms. The van der Waals surface area contributed by atoms with Crippen LogP contribution in [-0.4, -0.2) is 48.4 Å². The Hall–Kier alpha value is -0.700. The number of alkyl halides is 1. The van der Waals surface area contributed by atoms with Gasteiger partial charge in [-0.25, -0.2) is 4.79 Å². The molecule has 0 saturated carbocycles. The fourth-order valence-corrected chi connectivity index (χ4v) is 1.26. The number of nitrogens with zero attached hydrogens (tertiary/aromatic N) is 2. The second-order valence-electron chi connectivity index (χ2n) is 2.78. The predicted molar refractivity (Wildman–Crippen MR) is 49.5 cm³/mol. The Labute approximate surface area is 77.6 Å². The molecule has 1 heterocycles. The second-order valence-corrected chi connectivity index (χ2v) is 3.08. The van der Waals surface area contributed by atoms with Crippen LogP contribution >= 0.6 is 11.6 Å². The van der Waals surface area contributed by atoms with Crippen molar-refractivity contribution in [3.63, 3.8) is 0 Å². The van der Waals surface area contributed by atoms with Crippen LogP contribution in [-0.2, 0) is 0 Å². The van der Waals surface area contributed by atoms with E-state index in [0.717, 1.165) is 13.1 Å². The van der Waals surface area contributed by atoms with Crippen molar-refractivity contribution in [1.29, 1.82) is 0 Å². The van der Waals surface area contributed by atoms with E-state index in [9.17, 15) is 4.79 Å². The Morgan fingerprint density at radius 3 is 2.75 bits per heavy atom. The van der Waals surface area contributed by atoms with Gasteiger partial charge in [-0.3, -0.25) is 0 Å². The fraction of sp³-hybridized carbons (Fsp3) is 0.625. The Morgan fingerprint density at radius 1 is 1.50 bits per heavy atom. The average Bonchev–Trinajstić information content (AvgIpc) is 2.36. The van der Waals surface area contributed by atoms with Crippen molar-refractivity contribution in [2.75, 3.05) is 32.6 Å². The maximum absolute atomic E-state index is 11.3. The van der Waals surface area contributed by atoms with Gasteiger partial charge in [0.2, 0.25) is 0 Å². The molecule has 68 valence electrons. The minimum atomic E-state index is 0.106. The molecule has 2 amide bonds. The van der Waals surface area contributed by atoms with Gasteiger partial charge in [0, 0.05) is 32.6 Å². The van der Waals surface area contributed by atoms with Crippen LogP contribution < -0.4 is 0 Å². The van der Waals surface area contributed by atoms with Crippen molar-refractivity contribution in [3.8, 4) is 0 Å². The molecule has 1 fully saturated rings. The highest BCUT2D eigenvalue weighted by atomic mass is 35.5. The Balaban J connectivity index is 2.34. The van der Waals surface area contributed by atoms with Gasteiger partial charge in [0.1, 0.15) is 0 Å². The molecule has 0 unspecified atom stereocenters. The van der Waals surface area contributed by atoms with Gasteiger partial charge in [-0.2, -0.15) is 0 Å². The molecule has 0 aromatic heterocycles. The molecule has 1 rings (SSSR count). The lowest BCUT2D eigenvalue weighted by Crippen LogP contribution is -2.29. The number of halogens is 1. The quantitative estimate of drug-likeness (QED) is 0.482. The van der Waals surface area contributed by atoms with Crippen molar-refractivity contribution < 1.29 is 4.79 Å². The first kappa shape index (κ1) is 9.39. The molecule has 1 aliphatic heterocycles. The van der Waals surface area contributed by atoms with Gasteiger partial charge in [0.15, 0.2) is 0 Å². The van der Waals surface area contributed by atoms with Crippen LogP contribution in [0.5, 0.6) is 0 Å². The Kier molecular flexibility index (Phi) is 3.41. The van der Waals surface area contributed by atoms with Crippen molar-refractivity contribution in [2.45, 2.75) is 0 Å². The fourth-order valence-electron chi connectivity index (χ4n) is 1.14. The first-order valence-corrected chi connectivity index (χ1v) is 4.50. The average molecular weight is 189 g/mol. The van der Waals surface area contributed by atoms with Crippen LogP contribution in [0.15, 0.2) is 12.2 Å². The summed E-state index contributed by atoms with van der Waals surface area (Å²) in [6.45, 7) is 2.32. The van der Waals surface area contributed by atoms with E-state index in [2.05, 4.69) is 0 Å². The van der Waals surface area contributed by atoms with Gasteiger partial charge < -0.3 is 9.80 Å². The molecular formula is C8H13ClN2O. The molecule has 0 aromatic rings. The summed E-state index contributed by atoms with van der Waals surface area (Å²) in [6.07, 6.45) is 3.78. The minimum absolute atomic E-state index is 0.106. The topological polar surface area (TPSA) is 23.6 Å². The van der Waals surface area contributed by atoms with Gasteiger partial charge in [-0.15, -0.1) is 11.6 Å². The standard InChI is InChI=1S/C8H13ClN2O/c1-10-6-7-11(8(10)12)5-3-2-4-9/h2-3H,4-7H2,1H3. The number of hydrogen-bond acceptors (Lipinski definition) is 1. The summed E-state index contributed by atoms with van der Waals surface area (Å²) >= 11 is 5.45. The highest BCUT2D eigenvalue weighted by molar-refractivity contribution is 6.18. The van der Waals surface area contributed by atoms with Crippen molar-refractivity contribution in [1.82, 2.24) is 9.80 Å². The minimum Gasteiger partial charge on any atom is -0.326 e. The molecule has 0 atom stereocenters. The maximum atomic E-state index is 11.3. The maximum Gasteiger partial charge on any atom is 0.320 e. The first-order valence-electron chi connectivity index (χ1n) is 3.96. The van der Waals surface area contributed by atoms with Gasteiger partial charge in [-0.1, -0.05) is 12.2 Å². The molecule has 0 bridgehead atoms. The molecule has 0 aromatic carbocycles. The molecule has 0 N–H and O–H groups in total. The number of allylic oxidation sites excluding steroid dienone is 1. The number of urea groups is 1. The first-order chi connectivity index (χ1) is 5.75. The number of likely N-dealkylation sites (N-methyl/N-ethyl adjacent to an activating group) is 1. The summed E-state index contributed by atoms with van der Waals surface area (Å²) in [5.41, 5.74) is 0. The number of carbonyl (C=O) groups is 1. The van der Waals surface area contributed by atoms with Gasteiger partial charge in [0.05, 0.1) is 0 Å². The van der Waals surface area contributed by atoms with E-state index in [0.29, 0.717) is 12.4 Å². The van der Waals surface area contributed by atoms with E-state index in [1.807, 2.05) is 19.2 Å². The van der Waals surface area contributed by atoms with Crippen LogP contribution in [0.4, 0.5) is 4.79 Å². The summed E-state index contributed by atoms with van der Waals surface area (Å²) in [5, 5.41) is 0. The van der Waals surface area contributed by atoms with Crippen molar-refractivity contribution >= 4 is 17.6 Å². The highest BCUT2D eigenvalue weighted by Gasteiger charge is 2.23. The zero-order valence-electron chi connectivity index (χ0n) is 7.16. The van der Waals surface area contributed by atoms with Crippen LogP contribution in [0.1, 0.15) is 0 Å². The zero-order chi connectivity index (χ0) is 8.97. The lowest BCUT2D eigenvalue weighted by molar-refractivity contribution is 0.202. The Morgan fingerprint density at radius 2 is 2.25 bits per heavy atom. The van der Waals surface area contributed by atoms with Crippen LogP contribution in [0.25, 0.3) is 0 Å². The lowest BCUT2D eigenvalue weighted by atomic mass is 10.5. The summed E-state index contributed by atoms with van der Waals surface area (Å²) in [4.78, 5) is 14.8. The van der Waals surface area contributed by atoms with E-state index < -0.39 is 0 Å². The summed E-state index contributed by atoms with van der Waals surface area (Å²) in [6, 6.07) is 0.106.